The maximum absolute atomic E-state index is 6.31. The van der Waals surface area contributed by atoms with Crippen LogP contribution < -0.4 is 0 Å². The molecule has 0 atom stereocenters. The van der Waals surface area contributed by atoms with E-state index in [1.165, 1.54) is 21.9 Å². The summed E-state index contributed by atoms with van der Waals surface area (Å²) in [5.74, 6) is 0. The summed E-state index contributed by atoms with van der Waals surface area (Å²) in [5, 5.41) is 4.71. The lowest BCUT2D eigenvalue weighted by Crippen LogP contribution is -2.19. The smallest absolute Gasteiger partial charge is 0.144 e. The molecule has 0 unspecified atom stereocenters. The molecule has 0 aliphatic rings. The summed E-state index contributed by atoms with van der Waals surface area (Å²) in [6.45, 7) is 9.05. The van der Waals surface area contributed by atoms with E-state index in [0.29, 0.717) is 0 Å². The molecule has 2 nitrogen and oxygen atoms in total. The Bertz CT molecular complexity index is 1390. The van der Waals surface area contributed by atoms with E-state index in [0.717, 1.165) is 46.0 Å². The molecule has 3 aromatic carbocycles. The lowest BCUT2D eigenvalue weighted by molar-refractivity contribution is 0.439. The molecule has 5 aromatic rings. The van der Waals surface area contributed by atoms with Crippen molar-refractivity contribution >= 4 is 32.7 Å². The zero-order valence-electron chi connectivity index (χ0n) is 18.1. The number of fused-ring (bicyclic) bond motifs is 4. The van der Waals surface area contributed by atoms with E-state index in [4.69, 9.17) is 9.40 Å². The number of aryl methyl sites for hydroxylation is 1. The molecule has 0 saturated carbocycles. The molecule has 0 saturated heterocycles. The summed E-state index contributed by atoms with van der Waals surface area (Å²) in [5.41, 5.74) is 6.70. The molecule has 0 aliphatic heterocycles. The number of rotatable bonds is 4. The molecule has 0 radical (unpaired) electrons. The molecule has 0 bridgehead atoms. The number of aromatic nitrogens is 1. The molecule has 5 rings (SSSR count). The van der Waals surface area contributed by atoms with Gasteiger partial charge in [0.25, 0.3) is 0 Å². The van der Waals surface area contributed by atoms with E-state index >= 15 is 0 Å². The standard InChI is InChI=1S/C28H27NO/c1-5-28(4,6-2)20-11-12-21-19(17-20)13-14-29-26(21)24-16-18(3)15-23-22-9-7-8-10-25(22)30-27(23)24/h7-17H,5-6H2,1-4H3. The number of benzene rings is 3. The molecule has 150 valence electrons. The van der Waals surface area contributed by atoms with Crippen molar-refractivity contribution in [2.75, 3.05) is 0 Å². The van der Waals surface area contributed by atoms with Gasteiger partial charge in [-0.05, 0) is 66.0 Å². The molecule has 2 heteroatoms. The van der Waals surface area contributed by atoms with Crippen molar-refractivity contribution in [3.8, 4) is 11.3 Å². The van der Waals surface area contributed by atoms with Gasteiger partial charge in [0.15, 0.2) is 0 Å². The third kappa shape index (κ3) is 2.82. The molecular formula is C28H27NO. The highest BCUT2D eigenvalue weighted by Gasteiger charge is 2.23. The molecule has 0 spiro atoms. The fourth-order valence-electron chi connectivity index (χ4n) is 4.57. The van der Waals surface area contributed by atoms with Crippen LogP contribution in [0.15, 0.2) is 71.3 Å². The molecule has 30 heavy (non-hydrogen) atoms. The number of furan rings is 1. The van der Waals surface area contributed by atoms with Gasteiger partial charge in [-0.2, -0.15) is 0 Å². The van der Waals surface area contributed by atoms with Crippen LogP contribution in [0, 0.1) is 6.92 Å². The van der Waals surface area contributed by atoms with Crippen molar-refractivity contribution in [1.82, 2.24) is 4.98 Å². The predicted molar refractivity (Wildman–Crippen MR) is 127 cm³/mol. The average molecular weight is 394 g/mol. The molecule has 2 heterocycles. The van der Waals surface area contributed by atoms with E-state index < -0.39 is 0 Å². The van der Waals surface area contributed by atoms with Gasteiger partial charge in [0.2, 0.25) is 0 Å². The summed E-state index contributed by atoms with van der Waals surface area (Å²) in [7, 11) is 0. The van der Waals surface area contributed by atoms with Gasteiger partial charge in [-0.3, -0.25) is 4.98 Å². The Labute approximate surface area is 177 Å². The Morgan fingerprint density at radius 1 is 0.867 bits per heavy atom. The van der Waals surface area contributed by atoms with Crippen LogP contribution in [-0.4, -0.2) is 4.98 Å². The highest BCUT2D eigenvalue weighted by Crippen LogP contribution is 2.39. The first-order valence-corrected chi connectivity index (χ1v) is 10.9. The first-order valence-electron chi connectivity index (χ1n) is 10.9. The Balaban J connectivity index is 1.79. The van der Waals surface area contributed by atoms with E-state index in [1.807, 2.05) is 18.3 Å². The Hall–Kier alpha value is -3.13. The first-order chi connectivity index (χ1) is 14.5. The van der Waals surface area contributed by atoms with Crippen LogP contribution in [-0.2, 0) is 5.41 Å². The van der Waals surface area contributed by atoms with Gasteiger partial charge in [-0.15, -0.1) is 0 Å². The maximum atomic E-state index is 6.31. The van der Waals surface area contributed by atoms with Crippen LogP contribution in [0.5, 0.6) is 0 Å². The highest BCUT2D eigenvalue weighted by molar-refractivity contribution is 6.11. The predicted octanol–water partition coefficient (Wildman–Crippen LogP) is 8.19. The fourth-order valence-corrected chi connectivity index (χ4v) is 4.57. The van der Waals surface area contributed by atoms with Crippen LogP contribution in [0.2, 0.25) is 0 Å². The highest BCUT2D eigenvalue weighted by atomic mass is 16.3. The van der Waals surface area contributed by atoms with Crippen LogP contribution in [0.25, 0.3) is 44.0 Å². The molecule has 0 N–H and O–H groups in total. The molecule has 0 fully saturated rings. The van der Waals surface area contributed by atoms with Crippen molar-refractivity contribution in [3.05, 3.63) is 78.0 Å². The van der Waals surface area contributed by atoms with Crippen molar-refractivity contribution < 1.29 is 4.42 Å². The second-order valence-corrected chi connectivity index (χ2v) is 8.65. The number of pyridine rings is 1. The lowest BCUT2D eigenvalue weighted by atomic mass is 9.77. The van der Waals surface area contributed by atoms with Gasteiger partial charge in [0.1, 0.15) is 11.2 Å². The Kier molecular flexibility index (Phi) is 4.39. The van der Waals surface area contributed by atoms with Crippen LogP contribution in [0.4, 0.5) is 0 Å². The van der Waals surface area contributed by atoms with Gasteiger partial charge in [-0.25, -0.2) is 0 Å². The van der Waals surface area contributed by atoms with E-state index in [2.05, 4.69) is 76.2 Å². The van der Waals surface area contributed by atoms with Crippen LogP contribution in [0.1, 0.15) is 44.7 Å². The quantitative estimate of drug-likeness (QED) is 0.307. The normalized spacial score (nSPS) is 12.3. The number of hydrogen-bond acceptors (Lipinski definition) is 2. The van der Waals surface area contributed by atoms with Gasteiger partial charge in [0, 0.05) is 27.9 Å². The number of hydrogen-bond donors (Lipinski definition) is 0. The summed E-state index contributed by atoms with van der Waals surface area (Å²) in [4.78, 5) is 4.81. The van der Waals surface area contributed by atoms with E-state index in [-0.39, 0.29) is 5.41 Å². The minimum absolute atomic E-state index is 0.201. The van der Waals surface area contributed by atoms with Crippen molar-refractivity contribution in [3.63, 3.8) is 0 Å². The third-order valence-corrected chi connectivity index (χ3v) is 6.90. The maximum Gasteiger partial charge on any atom is 0.144 e. The zero-order valence-corrected chi connectivity index (χ0v) is 18.1. The second kappa shape index (κ2) is 6.98. The summed E-state index contributed by atoms with van der Waals surface area (Å²) < 4.78 is 6.31. The molecular weight excluding hydrogens is 366 g/mol. The first kappa shape index (κ1) is 18.9. The monoisotopic (exact) mass is 393 g/mol. The van der Waals surface area contributed by atoms with E-state index in [9.17, 15) is 0 Å². The van der Waals surface area contributed by atoms with Crippen LogP contribution >= 0.6 is 0 Å². The fraction of sp³-hybridized carbons (Fsp3) is 0.250. The molecule has 0 aliphatic carbocycles. The minimum Gasteiger partial charge on any atom is -0.455 e. The van der Waals surface area contributed by atoms with Gasteiger partial charge >= 0.3 is 0 Å². The Morgan fingerprint density at radius 2 is 1.67 bits per heavy atom. The molecule has 2 aromatic heterocycles. The number of nitrogens with zero attached hydrogens (tertiary/aromatic N) is 1. The second-order valence-electron chi connectivity index (χ2n) is 8.65. The lowest BCUT2D eigenvalue weighted by Gasteiger charge is -2.27. The molecule has 0 amide bonds. The zero-order chi connectivity index (χ0) is 20.9. The largest absolute Gasteiger partial charge is 0.455 e. The van der Waals surface area contributed by atoms with Crippen molar-refractivity contribution in [1.29, 1.82) is 0 Å². The summed E-state index contributed by atoms with van der Waals surface area (Å²) in [6.07, 6.45) is 4.18. The number of para-hydroxylation sites is 1. The summed E-state index contributed by atoms with van der Waals surface area (Å²) in [6, 6.07) is 21.7. The van der Waals surface area contributed by atoms with E-state index in [1.54, 1.807) is 0 Å². The van der Waals surface area contributed by atoms with Crippen molar-refractivity contribution in [2.24, 2.45) is 0 Å². The van der Waals surface area contributed by atoms with Gasteiger partial charge in [-0.1, -0.05) is 57.2 Å². The van der Waals surface area contributed by atoms with Crippen molar-refractivity contribution in [2.45, 2.75) is 46.0 Å². The third-order valence-electron chi connectivity index (χ3n) is 6.90. The van der Waals surface area contributed by atoms with Gasteiger partial charge < -0.3 is 4.42 Å². The topological polar surface area (TPSA) is 26.0 Å². The summed E-state index contributed by atoms with van der Waals surface area (Å²) >= 11 is 0. The van der Waals surface area contributed by atoms with Crippen LogP contribution in [0.3, 0.4) is 0 Å². The average Bonchev–Trinajstić information content (AvgIpc) is 3.15. The minimum atomic E-state index is 0.201. The van der Waals surface area contributed by atoms with Gasteiger partial charge in [0.05, 0.1) is 5.69 Å². The SMILES string of the molecule is CCC(C)(CC)c1ccc2c(-c3cc(C)cc4c3oc3ccccc34)nccc2c1. The Morgan fingerprint density at radius 3 is 2.47 bits per heavy atom.